The average molecular weight is 230 g/mol. The summed E-state index contributed by atoms with van der Waals surface area (Å²) in [4.78, 5) is 0. The highest BCUT2D eigenvalue weighted by Gasteiger charge is 2.39. The van der Waals surface area contributed by atoms with Crippen molar-refractivity contribution < 1.29 is 14.6 Å². The van der Waals surface area contributed by atoms with E-state index in [4.69, 9.17) is 9.47 Å². The van der Waals surface area contributed by atoms with Crippen LogP contribution >= 0.6 is 0 Å². The first-order valence-electron chi connectivity index (χ1n) is 6.41. The normalized spacial score (nSPS) is 22.3. The maximum atomic E-state index is 10.3. The molecule has 0 bridgehead atoms. The van der Waals surface area contributed by atoms with E-state index in [1.54, 1.807) is 7.11 Å². The van der Waals surface area contributed by atoms with Crippen LogP contribution in [-0.4, -0.2) is 37.1 Å². The van der Waals surface area contributed by atoms with E-state index in [2.05, 4.69) is 13.8 Å². The molecule has 0 saturated carbocycles. The molecular formula is C13H26O3. The second-order valence-corrected chi connectivity index (χ2v) is 5.22. The standard InChI is InChI=1S/C13H26O3/c1-11(2)5-4-6-12(14)13(15-3)7-9-16-10-8-13/h11-12,14H,4-10H2,1-3H3. The fourth-order valence-corrected chi connectivity index (χ4v) is 2.37. The van der Waals surface area contributed by atoms with E-state index in [0.29, 0.717) is 19.1 Å². The molecule has 1 N–H and O–H groups in total. The Balaban J connectivity index is 2.39. The summed E-state index contributed by atoms with van der Waals surface area (Å²) >= 11 is 0. The van der Waals surface area contributed by atoms with Gasteiger partial charge in [-0.15, -0.1) is 0 Å². The number of aliphatic hydroxyl groups is 1. The molecule has 1 rings (SSSR count). The first-order chi connectivity index (χ1) is 7.60. The Morgan fingerprint density at radius 1 is 1.25 bits per heavy atom. The van der Waals surface area contributed by atoms with Crippen molar-refractivity contribution in [2.75, 3.05) is 20.3 Å². The predicted octanol–water partition coefficient (Wildman–Crippen LogP) is 2.37. The summed E-state index contributed by atoms with van der Waals surface area (Å²) in [6.45, 7) is 5.84. The lowest BCUT2D eigenvalue weighted by Crippen LogP contribution is -2.48. The van der Waals surface area contributed by atoms with Gasteiger partial charge in [-0.05, 0) is 12.3 Å². The molecule has 16 heavy (non-hydrogen) atoms. The minimum atomic E-state index is -0.352. The van der Waals surface area contributed by atoms with Crippen LogP contribution in [0.5, 0.6) is 0 Å². The van der Waals surface area contributed by atoms with Crippen molar-refractivity contribution >= 4 is 0 Å². The van der Waals surface area contributed by atoms with E-state index < -0.39 is 0 Å². The van der Waals surface area contributed by atoms with Crippen LogP contribution < -0.4 is 0 Å². The van der Waals surface area contributed by atoms with Gasteiger partial charge in [0.1, 0.15) is 0 Å². The number of methoxy groups -OCH3 is 1. The molecular weight excluding hydrogens is 204 g/mol. The molecule has 0 aromatic carbocycles. The Morgan fingerprint density at radius 2 is 1.88 bits per heavy atom. The fraction of sp³-hybridized carbons (Fsp3) is 1.00. The summed E-state index contributed by atoms with van der Waals surface area (Å²) in [7, 11) is 1.71. The predicted molar refractivity (Wildman–Crippen MR) is 64.5 cm³/mol. The van der Waals surface area contributed by atoms with Crippen LogP contribution in [0.4, 0.5) is 0 Å². The zero-order valence-corrected chi connectivity index (χ0v) is 10.9. The van der Waals surface area contributed by atoms with Crippen molar-refractivity contribution in [2.24, 2.45) is 5.92 Å². The van der Waals surface area contributed by atoms with E-state index >= 15 is 0 Å². The van der Waals surface area contributed by atoms with Crippen molar-refractivity contribution in [1.29, 1.82) is 0 Å². The minimum absolute atomic E-state index is 0.347. The van der Waals surface area contributed by atoms with E-state index in [1.807, 2.05) is 0 Å². The maximum absolute atomic E-state index is 10.3. The van der Waals surface area contributed by atoms with Gasteiger partial charge in [-0.1, -0.05) is 26.7 Å². The first kappa shape index (κ1) is 13.9. The quantitative estimate of drug-likeness (QED) is 0.761. The zero-order valence-electron chi connectivity index (χ0n) is 10.9. The summed E-state index contributed by atoms with van der Waals surface area (Å²) in [6.07, 6.45) is 4.36. The fourth-order valence-electron chi connectivity index (χ4n) is 2.37. The topological polar surface area (TPSA) is 38.7 Å². The van der Waals surface area contributed by atoms with Gasteiger partial charge in [0, 0.05) is 33.2 Å². The molecule has 0 radical (unpaired) electrons. The highest BCUT2D eigenvalue weighted by atomic mass is 16.5. The number of ether oxygens (including phenoxy) is 2. The lowest BCUT2D eigenvalue weighted by atomic mass is 9.85. The zero-order chi connectivity index (χ0) is 12.0. The summed E-state index contributed by atoms with van der Waals surface area (Å²) in [5.74, 6) is 0.709. The van der Waals surface area contributed by atoms with E-state index in [9.17, 15) is 5.11 Å². The number of hydrogen-bond acceptors (Lipinski definition) is 3. The van der Waals surface area contributed by atoms with Crippen LogP contribution in [0.3, 0.4) is 0 Å². The van der Waals surface area contributed by atoms with Crippen molar-refractivity contribution in [3.05, 3.63) is 0 Å². The second-order valence-electron chi connectivity index (χ2n) is 5.22. The Morgan fingerprint density at radius 3 is 2.38 bits per heavy atom. The van der Waals surface area contributed by atoms with Gasteiger partial charge in [0.15, 0.2) is 0 Å². The largest absolute Gasteiger partial charge is 0.390 e. The van der Waals surface area contributed by atoms with E-state index in [0.717, 1.165) is 25.7 Å². The monoisotopic (exact) mass is 230 g/mol. The highest BCUT2D eigenvalue weighted by molar-refractivity contribution is 4.90. The SMILES string of the molecule is COC1(C(O)CCCC(C)C)CCOCC1. The van der Waals surface area contributed by atoms with Crippen LogP contribution in [0.1, 0.15) is 46.0 Å². The van der Waals surface area contributed by atoms with Crippen LogP contribution in [-0.2, 0) is 9.47 Å². The molecule has 1 saturated heterocycles. The minimum Gasteiger partial charge on any atom is -0.390 e. The molecule has 0 spiro atoms. The smallest absolute Gasteiger partial charge is 0.0980 e. The van der Waals surface area contributed by atoms with Gasteiger partial charge in [0.05, 0.1) is 11.7 Å². The van der Waals surface area contributed by atoms with Crippen LogP contribution in [0.15, 0.2) is 0 Å². The van der Waals surface area contributed by atoms with Crippen LogP contribution in [0, 0.1) is 5.92 Å². The van der Waals surface area contributed by atoms with Crippen molar-refractivity contribution in [1.82, 2.24) is 0 Å². The van der Waals surface area contributed by atoms with Gasteiger partial charge in [0.2, 0.25) is 0 Å². The summed E-state index contributed by atoms with van der Waals surface area (Å²) < 4.78 is 10.9. The van der Waals surface area contributed by atoms with Gasteiger partial charge in [-0.2, -0.15) is 0 Å². The lowest BCUT2D eigenvalue weighted by molar-refractivity contribution is -0.154. The average Bonchev–Trinajstić information content (AvgIpc) is 2.29. The Labute approximate surface area is 99.1 Å². The van der Waals surface area contributed by atoms with Gasteiger partial charge < -0.3 is 14.6 Å². The molecule has 1 fully saturated rings. The third kappa shape index (κ3) is 3.72. The van der Waals surface area contributed by atoms with E-state index in [-0.39, 0.29) is 11.7 Å². The molecule has 1 unspecified atom stereocenters. The second kappa shape index (κ2) is 6.58. The molecule has 3 heteroatoms. The summed E-state index contributed by atoms with van der Waals surface area (Å²) in [5.41, 5.74) is -0.352. The number of hydrogen-bond donors (Lipinski definition) is 1. The Bertz CT molecular complexity index is 186. The highest BCUT2D eigenvalue weighted by Crippen LogP contribution is 2.30. The third-order valence-electron chi connectivity index (χ3n) is 3.61. The molecule has 1 aliphatic heterocycles. The lowest BCUT2D eigenvalue weighted by Gasteiger charge is -2.39. The summed E-state index contributed by atoms with van der Waals surface area (Å²) in [5, 5.41) is 10.3. The van der Waals surface area contributed by atoms with Gasteiger partial charge in [0.25, 0.3) is 0 Å². The molecule has 0 aromatic heterocycles. The van der Waals surface area contributed by atoms with Gasteiger partial charge in [-0.3, -0.25) is 0 Å². The molecule has 1 heterocycles. The van der Waals surface area contributed by atoms with Gasteiger partial charge >= 0.3 is 0 Å². The first-order valence-corrected chi connectivity index (χ1v) is 6.41. The third-order valence-corrected chi connectivity index (χ3v) is 3.61. The van der Waals surface area contributed by atoms with E-state index in [1.165, 1.54) is 6.42 Å². The van der Waals surface area contributed by atoms with Crippen molar-refractivity contribution in [2.45, 2.75) is 57.7 Å². The van der Waals surface area contributed by atoms with Crippen LogP contribution in [0.25, 0.3) is 0 Å². The van der Waals surface area contributed by atoms with Crippen molar-refractivity contribution in [3.8, 4) is 0 Å². The Hall–Kier alpha value is -0.120. The molecule has 1 aliphatic rings. The number of rotatable bonds is 6. The Kier molecular flexibility index (Phi) is 5.73. The molecule has 3 nitrogen and oxygen atoms in total. The molecule has 0 amide bonds. The van der Waals surface area contributed by atoms with Crippen molar-refractivity contribution in [3.63, 3.8) is 0 Å². The molecule has 96 valence electrons. The maximum Gasteiger partial charge on any atom is 0.0980 e. The summed E-state index contributed by atoms with van der Waals surface area (Å²) in [6, 6.07) is 0. The van der Waals surface area contributed by atoms with Gasteiger partial charge in [-0.25, -0.2) is 0 Å². The molecule has 0 aliphatic carbocycles. The molecule has 1 atom stereocenters. The number of aliphatic hydroxyl groups excluding tert-OH is 1. The van der Waals surface area contributed by atoms with Crippen LogP contribution in [0.2, 0.25) is 0 Å². The molecule has 0 aromatic rings.